The molecule has 0 aliphatic heterocycles. The maximum atomic E-state index is 11.3. The molecule has 1 unspecified atom stereocenters. The van der Waals surface area contributed by atoms with Crippen LogP contribution in [-0.4, -0.2) is 20.7 Å². The van der Waals surface area contributed by atoms with Crippen molar-refractivity contribution in [3.8, 4) is 11.5 Å². The lowest BCUT2D eigenvalue weighted by molar-refractivity contribution is -0.137. The van der Waals surface area contributed by atoms with E-state index < -0.39 is 8.07 Å². The van der Waals surface area contributed by atoms with Gasteiger partial charge in [-0.2, -0.15) is 0 Å². The first-order chi connectivity index (χ1) is 10.2. The molecule has 0 bridgehead atoms. The minimum atomic E-state index is -1.64. The van der Waals surface area contributed by atoms with Crippen molar-refractivity contribution in [3.63, 3.8) is 0 Å². The van der Waals surface area contributed by atoms with Crippen LogP contribution in [0.5, 0.6) is 0 Å². The van der Waals surface area contributed by atoms with Crippen LogP contribution in [0.2, 0.25) is 16.6 Å². The van der Waals surface area contributed by atoms with E-state index in [4.69, 9.17) is 4.74 Å². The summed E-state index contributed by atoms with van der Waals surface area (Å²) in [4.78, 5) is 11.3. The lowest BCUT2D eigenvalue weighted by atomic mass is 10.1. The van der Waals surface area contributed by atoms with Gasteiger partial charge in [0.1, 0.15) is 8.07 Å². The first-order valence-electron chi connectivity index (χ1n) is 8.54. The third kappa shape index (κ3) is 6.00. The molecule has 0 amide bonds. The lowest BCUT2D eigenvalue weighted by Gasteiger charge is -2.38. The Kier molecular flexibility index (Phi) is 9.44. The zero-order valence-electron chi connectivity index (χ0n) is 15.7. The molecule has 2 nitrogen and oxygen atoms in total. The average Bonchev–Trinajstić information content (AvgIpc) is 2.38. The molecule has 0 N–H and O–H groups in total. The third-order valence-electron chi connectivity index (χ3n) is 4.43. The Balaban J connectivity index is 4.96. The quantitative estimate of drug-likeness (QED) is 0.273. The van der Waals surface area contributed by atoms with Gasteiger partial charge in [-0.05, 0) is 30.0 Å². The highest BCUT2D eigenvalue weighted by Gasteiger charge is 2.41. The van der Waals surface area contributed by atoms with Crippen molar-refractivity contribution in [1.29, 1.82) is 0 Å². The summed E-state index contributed by atoms with van der Waals surface area (Å²) in [6, 6.07) is 0. The highest BCUT2D eigenvalue weighted by Crippen LogP contribution is 2.40. The van der Waals surface area contributed by atoms with Crippen LogP contribution >= 0.6 is 0 Å². The van der Waals surface area contributed by atoms with Gasteiger partial charge < -0.3 is 4.74 Å². The van der Waals surface area contributed by atoms with Crippen molar-refractivity contribution in [3.05, 3.63) is 12.2 Å². The molecule has 0 aromatic carbocycles. The number of hydrogen-bond donors (Lipinski definition) is 0. The molecule has 0 heterocycles. The molecule has 0 fully saturated rings. The topological polar surface area (TPSA) is 26.3 Å². The number of allylic oxidation sites excluding steroid dienone is 1. The van der Waals surface area contributed by atoms with Crippen molar-refractivity contribution in [2.24, 2.45) is 5.92 Å². The molecule has 0 saturated heterocycles. The maximum absolute atomic E-state index is 11.3. The Labute approximate surface area is 138 Å². The van der Waals surface area contributed by atoms with E-state index >= 15 is 0 Å². The van der Waals surface area contributed by atoms with Gasteiger partial charge in [0, 0.05) is 12.0 Å². The second-order valence-electron chi connectivity index (χ2n) is 6.96. The van der Waals surface area contributed by atoms with Gasteiger partial charge in [-0.3, -0.25) is 0 Å². The van der Waals surface area contributed by atoms with Crippen LogP contribution < -0.4 is 0 Å². The molecule has 0 aliphatic carbocycles. The van der Waals surface area contributed by atoms with Gasteiger partial charge in [-0.1, -0.05) is 54.5 Å². The van der Waals surface area contributed by atoms with Crippen LogP contribution in [0.3, 0.4) is 0 Å². The Morgan fingerprint density at radius 2 is 1.55 bits per heavy atom. The minimum absolute atomic E-state index is 0.266. The summed E-state index contributed by atoms with van der Waals surface area (Å²) in [5.74, 6) is 3.49. The molecule has 0 aromatic heterocycles. The van der Waals surface area contributed by atoms with Crippen molar-refractivity contribution < 1.29 is 9.53 Å². The van der Waals surface area contributed by atoms with Gasteiger partial charge in [0.05, 0.1) is 6.61 Å². The van der Waals surface area contributed by atoms with Crippen molar-refractivity contribution in [2.75, 3.05) is 6.61 Å². The molecular weight excluding hydrogens is 288 g/mol. The summed E-state index contributed by atoms with van der Waals surface area (Å²) in [6.45, 7) is 18.3. The number of ether oxygens (including phenoxy) is 1. The van der Waals surface area contributed by atoms with Crippen LogP contribution in [0.1, 0.15) is 61.8 Å². The van der Waals surface area contributed by atoms with Crippen molar-refractivity contribution in [1.82, 2.24) is 0 Å². The first kappa shape index (κ1) is 21.0. The SMILES string of the molecule is CCOC(=O)C=CCC(C)C#C[Si](C(C)C)(C(C)C)C(C)C. The molecule has 1 atom stereocenters. The van der Waals surface area contributed by atoms with Crippen LogP contribution in [0, 0.1) is 17.4 Å². The van der Waals surface area contributed by atoms with Gasteiger partial charge in [-0.15, -0.1) is 11.5 Å². The minimum Gasteiger partial charge on any atom is -0.463 e. The molecule has 22 heavy (non-hydrogen) atoms. The Hall–Kier alpha value is -1.01. The normalized spacial score (nSPS) is 13.6. The Morgan fingerprint density at radius 1 is 1.05 bits per heavy atom. The van der Waals surface area contributed by atoms with Gasteiger partial charge in [0.2, 0.25) is 0 Å². The Morgan fingerprint density at radius 3 is 1.95 bits per heavy atom. The zero-order chi connectivity index (χ0) is 17.3. The summed E-state index contributed by atoms with van der Waals surface area (Å²) >= 11 is 0. The second kappa shape index (κ2) is 9.89. The summed E-state index contributed by atoms with van der Waals surface area (Å²) in [7, 11) is -1.64. The van der Waals surface area contributed by atoms with Crippen LogP contribution in [0.25, 0.3) is 0 Å². The standard InChI is InChI=1S/C19H34O2Si/c1-9-21-19(20)12-10-11-18(8)13-14-22(15(2)3,16(4)5)17(6)7/h10,12,15-18H,9,11H2,1-8H3. The fourth-order valence-electron chi connectivity index (χ4n) is 3.30. The smallest absolute Gasteiger partial charge is 0.330 e. The van der Waals surface area contributed by atoms with E-state index in [0.717, 1.165) is 6.42 Å². The zero-order valence-corrected chi connectivity index (χ0v) is 16.7. The third-order valence-corrected chi connectivity index (χ3v) is 10.7. The van der Waals surface area contributed by atoms with Gasteiger partial charge in [-0.25, -0.2) is 4.79 Å². The van der Waals surface area contributed by atoms with Crippen molar-refractivity contribution in [2.45, 2.75) is 78.4 Å². The van der Waals surface area contributed by atoms with Gasteiger partial charge >= 0.3 is 5.97 Å². The number of hydrogen-bond acceptors (Lipinski definition) is 2. The summed E-state index contributed by atoms with van der Waals surface area (Å²) in [5, 5.41) is 0. The second-order valence-corrected chi connectivity index (χ2v) is 12.5. The van der Waals surface area contributed by atoms with E-state index in [2.05, 4.69) is 59.9 Å². The molecule has 0 radical (unpaired) electrons. The predicted molar refractivity (Wildman–Crippen MR) is 98.4 cm³/mol. The van der Waals surface area contributed by atoms with Crippen molar-refractivity contribution >= 4 is 14.0 Å². The number of carbonyl (C=O) groups excluding carboxylic acids is 1. The largest absolute Gasteiger partial charge is 0.463 e. The van der Waals surface area contributed by atoms with Gasteiger partial charge in [0.25, 0.3) is 0 Å². The highest BCUT2D eigenvalue weighted by atomic mass is 28.3. The number of esters is 1. The summed E-state index contributed by atoms with van der Waals surface area (Å²) in [5.41, 5.74) is 5.70. The molecule has 126 valence electrons. The molecule has 0 spiro atoms. The predicted octanol–water partition coefficient (Wildman–Crippen LogP) is 5.35. The molecule has 0 aromatic rings. The fraction of sp³-hybridized carbons (Fsp3) is 0.737. The first-order valence-corrected chi connectivity index (χ1v) is 10.8. The van der Waals surface area contributed by atoms with E-state index in [0.29, 0.717) is 23.2 Å². The summed E-state index contributed by atoms with van der Waals surface area (Å²) < 4.78 is 4.88. The average molecular weight is 323 g/mol. The van der Waals surface area contributed by atoms with Crippen LogP contribution in [-0.2, 0) is 9.53 Å². The molecule has 0 aliphatic rings. The number of carbonyl (C=O) groups is 1. The molecular formula is C19H34O2Si. The maximum Gasteiger partial charge on any atom is 0.330 e. The fourth-order valence-corrected chi connectivity index (χ4v) is 8.66. The Bertz CT molecular complexity index is 403. The summed E-state index contributed by atoms with van der Waals surface area (Å²) in [6.07, 6.45) is 4.19. The lowest BCUT2D eigenvalue weighted by Crippen LogP contribution is -2.43. The van der Waals surface area contributed by atoms with Gasteiger partial charge in [0.15, 0.2) is 0 Å². The molecule has 0 saturated carbocycles. The van der Waals surface area contributed by atoms with Crippen LogP contribution in [0.15, 0.2) is 12.2 Å². The van der Waals surface area contributed by atoms with Crippen LogP contribution in [0.4, 0.5) is 0 Å². The van der Waals surface area contributed by atoms with E-state index in [-0.39, 0.29) is 11.9 Å². The monoisotopic (exact) mass is 322 g/mol. The highest BCUT2D eigenvalue weighted by molar-refractivity contribution is 6.90. The molecule has 0 rings (SSSR count). The molecule has 3 heteroatoms. The number of rotatable bonds is 7. The van der Waals surface area contributed by atoms with E-state index in [1.807, 2.05) is 13.0 Å². The van der Waals surface area contributed by atoms with E-state index in [1.165, 1.54) is 6.08 Å². The van der Waals surface area contributed by atoms with E-state index in [1.54, 1.807) is 0 Å². The van der Waals surface area contributed by atoms with E-state index in [9.17, 15) is 4.79 Å².